The largest absolute Gasteiger partial charge is 0.493 e. The molecule has 0 amide bonds. The Morgan fingerprint density at radius 1 is 1.24 bits per heavy atom. The molecule has 0 saturated heterocycles. The Balaban J connectivity index is 2.49. The fraction of sp³-hybridized carbons (Fsp3) is 0.533. The van der Waals surface area contributed by atoms with Crippen LogP contribution in [0.25, 0.3) is 0 Å². The van der Waals surface area contributed by atoms with Gasteiger partial charge in [-0.3, -0.25) is 4.79 Å². The molecule has 0 aliphatic carbocycles. The first-order valence-corrected chi connectivity index (χ1v) is 6.27. The molecular weight excluding hydrogens is 212 g/mol. The highest BCUT2D eigenvalue weighted by molar-refractivity contribution is 5.77. The minimum Gasteiger partial charge on any atom is -0.493 e. The Bertz CT molecular complexity index is 394. The third-order valence-electron chi connectivity index (χ3n) is 3.02. The molecule has 1 rings (SSSR count). The predicted molar refractivity (Wildman–Crippen MR) is 70.7 cm³/mol. The van der Waals surface area contributed by atoms with Crippen molar-refractivity contribution in [2.45, 2.75) is 47.0 Å². The number of carbonyl (C=O) groups excluding carboxylic acids is 1. The molecule has 2 nitrogen and oxygen atoms in total. The van der Waals surface area contributed by atoms with E-state index in [1.54, 1.807) is 0 Å². The summed E-state index contributed by atoms with van der Waals surface area (Å²) >= 11 is 0. The van der Waals surface area contributed by atoms with Crippen molar-refractivity contribution in [3.8, 4) is 5.75 Å². The Kier molecular flexibility index (Phi) is 5.20. The van der Waals surface area contributed by atoms with E-state index < -0.39 is 0 Å². The second kappa shape index (κ2) is 6.43. The Labute approximate surface area is 104 Å². The average molecular weight is 234 g/mol. The van der Waals surface area contributed by atoms with Gasteiger partial charge in [0, 0.05) is 12.8 Å². The monoisotopic (exact) mass is 234 g/mol. The van der Waals surface area contributed by atoms with Crippen LogP contribution in [0.2, 0.25) is 0 Å². The van der Waals surface area contributed by atoms with Crippen molar-refractivity contribution in [3.63, 3.8) is 0 Å². The van der Waals surface area contributed by atoms with Gasteiger partial charge in [0.25, 0.3) is 0 Å². The summed E-state index contributed by atoms with van der Waals surface area (Å²) in [5.74, 6) is 1.26. The molecule has 0 bridgehead atoms. The summed E-state index contributed by atoms with van der Waals surface area (Å²) in [6.45, 7) is 8.75. The Morgan fingerprint density at radius 3 is 2.59 bits per heavy atom. The number of rotatable bonds is 6. The van der Waals surface area contributed by atoms with Crippen LogP contribution in [0.5, 0.6) is 5.75 Å². The second-order valence-electron chi connectivity index (χ2n) is 4.55. The first-order chi connectivity index (χ1) is 8.04. The summed E-state index contributed by atoms with van der Waals surface area (Å²) in [6.07, 6.45) is 2.06. The molecule has 17 heavy (non-hydrogen) atoms. The first-order valence-electron chi connectivity index (χ1n) is 6.27. The molecule has 94 valence electrons. The normalized spacial score (nSPS) is 10.4. The molecule has 0 unspecified atom stereocenters. The lowest BCUT2D eigenvalue weighted by molar-refractivity contribution is -0.118. The molecule has 0 radical (unpaired) electrons. The Hall–Kier alpha value is -1.31. The number of hydrogen-bond acceptors (Lipinski definition) is 2. The maximum absolute atomic E-state index is 11.1. The lowest BCUT2D eigenvalue weighted by Gasteiger charge is -2.12. The van der Waals surface area contributed by atoms with Crippen LogP contribution >= 0.6 is 0 Å². The molecule has 0 aliphatic rings. The maximum Gasteiger partial charge on any atom is 0.132 e. The van der Waals surface area contributed by atoms with Gasteiger partial charge in [-0.25, -0.2) is 0 Å². The Morgan fingerprint density at radius 2 is 1.94 bits per heavy atom. The molecule has 0 saturated carbocycles. The molecule has 1 aromatic carbocycles. The van der Waals surface area contributed by atoms with E-state index in [2.05, 4.69) is 32.9 Å². The van der Waals surface area contributed by atoms with Gasteiger partial charge in [-0.15, -0.1) is 0 Å². The minimum atomic E-state index is 0.311. The molecule has 0 heterocycles. The van der Waals surface area contributed by atoms with Crippen LogP contribution in [-0.4, -0.2) is 12.4 Å². The molecule has 0 fully saturated rings. The third-order valence-corrected chi connectivity index (χ3v) is 3.02. The van der Waals surface area contributed by atoms with E-state index in [9.17, 15) is 4.79 Å². The fourth-order valence-electron chi connectivity index (χ4n) is 1.78. The molecule has 2 heteroatoms. The summed E-state index contributed by atoms with van der Waals surface area (Å²) in [7, 11) is 0. The van der Waals surface area contributed by atoms with Crippen molar-refractivity contribution in [1.82, 2.24) is 0 Å². The lowest BCUT2D eigenvalue weighted by atomic mass is 10.1. The van der Waals surface area contributed by atoms with Crippen LogP contribution in [0.4, 0.5) is 0 Å². The molecule has 0 N–H and O–H groups in total. The maximum atomic E-state index is 11.1. The fourth-order valence-corrected chi connectivity index (χ4v) is 1.78. The predicted octanol–water partition coefficient (Wildman–Crippen LogP) is 3.75. The third kappa shape index (κ3) is 4.22. The standard InChI is InChI=1S/C15H22O2/c1-5-14(16)7-6-8-17-15-10-11(2)9-12(3)13(15)4/h9-10H,5-8H2,1-4H3. The number of ketones is 1. The average Bonchev–Trinajstić information content (AvgIpc) is 2.30. The molecule has 0 aromatic heterocycles. The van der Waals surface area contributed by atoms with Gasteiger partial charge in [0.1, 0.15) is 11.5 Å². The zero-order valence-electron chi connectivity index (χ0n) is 11.3. The summed E-state index contributed by atoms with van der Waals surface area (Å²) in [6, 6.07) is 4.22. The van der Waals surface area contributed by atoms with E-state index in [0.29, 0.717) is 25.2 Å². The van der Waals surface area contributed by atoms with E-state index in [1.165, 1.54) is 16.7 Å². The van der Waals surface area contributed by atoms with Crippen LogP contribution in [0.1, 0.15) is 42.9 Å². The van der Waals surface area contributed by atoms with E-state index in [1.807, 2.05) is 6.92 Å². The zero-order valence-corrected chi connectivity index (χ0v) is 11.3. The van der Waals surface area contributed by atoms with Crippen LogP contribution < -0.4 is 4.74 Å². The van der Waals surface area contributed by atoms with Gasteiger partial charge in [0.05, 0.1) is 6.61 Å². The van der Waals surface area contributed by atoms with Crippen molar-refractivity contribution in [2.75, 3.05) is 6.61 Å². The highest BCUT2D eigenvalue weighted by atomic mass is 16.5. The zero-order chi connectivity index (χ0) is 12.8. The number of Topliss-reactive ketones (excluding diaryl/α,β-unsaturated/α-hetero) is 1. The number of ether oxygens (including phenoxy) is 1. The van der Waals surface area contributed by atoms with Gasteiger partial charge in [-0.05, 0) is 49.9 Å². The van der Waals surface area contributed by atoms with Crippen LogP contribution in [-0.2, 0) is 4.79 Å². The number of benzene rings is 1. The SMILES string of the molecule is CCC(=O)CCCOc1cc(C)cc(C)c1C. The number of aryl methyl sites for hydroxylation is 2. The lowest BCUT2D eigenvalue weighted by Crippen LogP contribution is -2.03. The minimum absolute atomic E-state index is 0.311. The van der Waals surface area contributed by atoms with Gasteiger partial charge in [-0.2, -0.15) is 0 Å². The number of carbonyl (C=O) groups is 1. The molecular formula is C15H22O2. The smallest absolute Gasteiger partial charge is 0.132 e. The van der Waals surface area contributed by atoms with Crippen LogP contribution in [0.15, 0.2) is 12.1 Å². The quantitative estimate of drug-likeness (QED) is 0.701. The number of hydrogen-bond donors (Lipinski definition) is 0. The van der Waals surface area contributed by atoms with E-state index in [-0.39, 0.29) is 0 Å². The van der Waals surface area contributed by atoms with Gasteiger partial charge in [-0.1, -0.05) is 13.0 Å². The first kappa shape index (κ1) is 13.8. The molecule has 0 atom stereocenters. The molecule has 0 spiro atoms. The van der Waals surface area contributed by atoms with Gasteiger partial charge >= 0.3 is 0 Å². The second-order valence-corrected chi connectivity index (χ2v) is 4.55. The highest BCUT2D eigenvalue weighted by Crippen LogP contribution is 2.23. The molecule has 1 aromatic rings. The topological polar surface area (TPSA) is 26.3 Å². The van der Waals surface area contributed by atoms with E-state index in [4.69, 9.17) is 4.74 Å². The van der Waals surface area contributed by atoms with Crippen LogP contribution in [0.3, 0.4) is 0 Å². The van der Waals surface area contributed by atoms with Gasteiger partial charge in [0.2, 0.25) is 0 Å². The van der Waals surface area contributed by atoms with Crippen LogP contribution in [0, 0.1) is 20.8 Å². The summed E-state index contributed by atoms with van der Waals surface area (Å²) in [5.41, 5.74) is 3.66. The summed E-state index contributed by atoms with van der Waals surface area (Å²) in [4.78, 5) is 11.1. The molecule has 0 aliphatic heterocycles. The van der Waals surface area contributed by atoms with Gasteiger partial charge < -0.3 is 4.74 Å². The van der Waals surface area contributed by atoms with Crippen molar-refractivity contribution in [2.24, 2.45) is 0 Å². The van der Waals surface area contributed by atoms with E-state index in [0.717, 1.165) is 12.2 Å². The summed E-state index contributed by atoms with van der Waals surface area (Å²) < 4.78 is 5.74. The van der Waals surface area contributed by atoms with Crippen molar-refractivity contribution in [1.29, 1.82) is 0 Å². The van der Waals surface area contributed by atoms with Crippen molar-refractivity contribution >= 4 is 5.78 Å². The van der Waals surface area contributed by atoms with Gasteiger partial charge in [0.15, 0.2) is 0 Å². The summed E-state index contributed by atoms with van der Waals surface area (Å²) in [5, 5.41) is 0. The van der Waals surface area contributed by atoms with E-state index >= 15 is 0 Å². The van der Waals surface area contributed by atoms with Crippen molar-refractivity contribution in [3.05, 3.63) is 28.8 Å². The van der Waals surface area contributed by atoms with Crippen molar-refractivity contribution < 1.29 is 9.53 Å². The highest BCUT2D eigenvalue weighted by Gasteiger charge is 2.04.